The third-order valence-corrected chi connectivity index (χ3v) is 4.67. The molecule has 5 nitrogen and oxygen atoms in total. The minimum absolute atomic E-state index is 0.150. The molecule has 0 spiro atoms. The van der Waals surface area contributed by atoms with E-state index in [9.17, 15) is 4.79 Å². The van der Waals surface area contributed by atoms with Crippen LogP contribution in [0.1, 0.15) is 24.1 Å². The Morgan fingerprint density at radius 1 is 1.12 bits per heavy atom. The molecule has 0 aliphatic rings. The second-order valence-corrected chi connectivity index (χ2v) is 6.43. The molecule has 2 N–H and O–H groups in total. The van der Waals surface area contributed by atoms with Gasteiger partial charge in [0.05, 0.1) is 20.3 Å². The molecule has 134 valence electrons. The maximum Gasteiger partial charge on any atom is 0.315 e. The van der Waals surface area contributed by atoms with Crippen LogP contribution in [0.15, 0.2) is 46.9 Å². The summed E-state index contributed by atoms with van der Waals surface area (Å²) in [5.41, 5.74) is 2.11. The molecule has 6 heteroatoms. The topological polar surface area (TPSA) is 59.6 Å². The Morgan fingerprint density at radius 2 is 1.84 bits per heavy atom. The SMILES string of the molecule is COc1ccc(C(C)NC(=O)NCCc2ccccc2Br)cc1OC. The van der Waals surface area contributed by atoms with Crippen molar-refractivity contribution in [1.29, 1.82) is 0 Å². The van der Waals surface area contributed by atoms with Gasteiger partial charge in [0.25, 0.3) is 0 Å². The summed E-state index contributed by atoms with van der Waals surface area (Å²) in [6.07, 6.45) is 0.763. The van der Waals surface area contributed by atoms with Crippen LogP contribution < -0.4 is 20.1 Å². The summed E-state index contributed by atoms with van der Waals surface area (Å²) in [6, 6.07) is 13.2. The number of hydrogen-bond donors (Lipinski definition) is 2. The fourth-order valence-electron chi connectivity index (χ4n) is 2.46. The molecule has 0 aliphatic heterocycles. The Labute approximate surface area is 156 Å². The van der Waals surface area contributed by atoms with E-state index in [1.54, 1.807) is 14.2 Å². The lowest BCUT2D eigenvalue weighted by Gasteiger charge is -2.17. The van der Waals surface area contributed by atoms with E-state index in [1.807, 2.05) is 49.4 Å². The number of carbonyl (C=O) groups excluding carboxylic acids is 1. The number of ether oxygens (including phenoxy) is 2. The largest absolute Gasteiger partial charge is 0.493 e. The van der Waals surface area contributed by atoms with Gasteiger partial charge in [-0.15, -0.1) is 0 Å². The summed E-state index contributed by atoms with van der Waals surface area (Å²) in [7, 11) is 3.19. The molecule has 0 fully saturated rings. The zero-order valence-corrected chi connectivity index (χ0v) is 16.2. The molecular weight excluding hydrogens is 384 g/mol. The molecule has 2 rings (SSSR count). The van der Waals surface area contributed by atoms with Crippen molar-refractivity contribution in [2.45, 2.75) is 19.4 Å². The second-order valence-electron chi connectivity index (χ2n) is 5.58. The normalized spacial score (nSPS) is 11.5. The van der Waals surface area contributed by atoms with E-state index in [-0.39, 0.29) is 12.1 Å². The van der Waals surface area contributed by atoms with Gasteiger partial charge in [-0.2, -0.15) is 0 Å². The molecule has 0 saturated carbocycles. The Morgan fingerprint density at radius 3 is 2.52 bits per heavy atom. The molecule has 1 unspecified atom stereocenters. The average Bonchev–Trinajstić information content (AvgIpc) is 2.62. The van der Waals surface area contributed by atoms with Crippen LogP contribution in [0.25, 0.3) is 0 Å². The van der Waals surface area contributed by atoms with Crippen molar-refractivity contribution >= 4 is 22.0 Å². The van der Waals surface area contributed by atoms with Crippen LogP contribution in [0.3, 0.4) is 0 Å². The van der Waals surface area contributed by atoms with Gasteiger partial charge in [0.2, 0.25) is 0 Å². The number of carbonyl (C=O) groups is 1. The van der Waals surface area contributed by atoms with Gasteiger partial charge >= 0.3 is 6.03 Å². The first-order chi connectivity index (χ1) is 12.0. The second kappa shape index (κ2) is 9.32. The van der Waals surface area contributed by atoms with E-state index in [0.717, 1.165) is 22.0 Å². The lowest BCUT2D eigenvalue weighted by molar-refractivity contribution is 0.238. The lowest BCUT2D eigenvalue weighted by Crippen LogP contribution is -2.38. The van der Waals surface area contributed by atoms with Gasteiger partial charge in [-0.1, -0.05) is 40.2 Å². The van der Waals surface area contributed by atoms with Crippen molar-refractivity contribution in [3.63, 3.8) is 0 Å². The number of benzene rings is 2. The molecule has 1 atom stereocenters. The van der Waals surface area contributed by atoms with Crippen molar-refractivity contribution in [3.05, 3.63) is 58.1 Å². The highest BCUT2D eigenvalue weighted by molar-refractivity contribution is 9.10. The highest BCUT2D eigenvalue weighted by atomic mass is 79.9. The van der Waals surface area contributed by atoms with Gasteiger partial charge in [-0.3, -0.25) is 0 Å². The predicted octanol–water partition coefficient (Wildman–Crippen LogP) is 4.07. The van der Waals surface area contributed by atoms with Crippen molar-refractivity contribution < 1.29 is 14.3 Å². The molecule has 0 saturated heterocycles. The minimum atomic E-state index is -0.200. The Balaban J connectivity index is 1.86. The monoisotopic (exact) mass is 406 g/mol. The van der Waals surface area contributed by atoms with Gasteiger partial charge in [0, 0.05) is 11.0 Å². The molecule has 2 aromatic rings. The molecule has 25 heavy (non-hydrogen) atoms. The number of halogens is 1. The van der Waals surface area contributed by atoms with Gasteiger partial charge in [0.1, 0.15) is 0 Å². The summed E-state index contributed by atoms with van der Waals surface area (Å²) in [6.45, 7) is 2.49. The standard InChI is InChI=1S/C19H23BrN2O3/c1-13(15-8-9-17(24-2)18(12-15)25-3)22-19(23)21-11-10-14-6-4-5-7-16(14)20/h4-9,12-13H,10-11H2,1-3H3,(H2,21,22,23). The molecule has 0 aliphatic carbocycles. The summed E-state index contributed by atoms with van der Waals surface area (Å²) in [5, 5.41) is 5.81. The quantitative estimate of drug-likeness (QED) is 0.728. The average molecular weight is 407 g/mol. The fourth-order valence-corrected chi connectivity index (χ4v) is 2.95. The number of hydrogen-bond acceptors (Lipinski definition) is 3. The van der Waals surface area contributed by atoms with Crippen LogP contribution in [-0.2, 0) is 6.42 Å². The Hall–Kier alpha value is -2.21. The van der Waals surface area contributed by atoms with E-state index in [0.29, 0.717) is 18.0 Å². The predicted molar refractivity (Wildman–Crippen MR) is 102 cm³/mol. The molecule has 0 radical (unpaired) electrons. The van der Waals surface area contributed by atoms with Crippen LogP contribution >= 0.6 is 15.9 Å². The van der Waals surface area contributed by atoms with E-state index in [1.165, 1.54) is 0 Å². The zero-order valence-electron chi connectivity index (χ0n) is 14.6. The number of nitrogens with one attached hydrogen (secondary N) is 2. The molecule has 0 bridgehead atoms. The highest BCUT2D eigenvalue weighted by Crippen LogP contribution is 2.29. The summed E-state index contributed by atoms with van der Waals surface area (Å²) in [5.74, 6) is 1.30. The van der Waals surface area contributed by atoms with Gasteiger partial charge in [-0.25, -0.2) is 4.79 Å². The molecule has 2 amide bonds. The van der Waals surface area contributed by atoms with Crippen LogP contribution in [0.5, 0.6) is 11.5 Å². The summed E-state index contributed by atoms with van der Waals surface area (Å²) < 4.78 is 11.6. The highest BCUT2D eigenvalue weighted by Gasteiger charge is 2.12. The van der Waals surface area contributed by atoms with Crippen molar-refractivity contribution in [1.82, 2.24) is 10.6 Å². The van der Waals surface area contributed by atoms with Crippen molar-refractivity contribution in [2.24, 2.45) is 0 Å². The summed E-state index contributed by atoms with van der Waals surface area (Å²) >= 11 is 3.51. The number of methoxy groups -OCH3 is 2. The van der Waals surface area contributed by atoms with E-state index in [2.05, 4.69) is 26.6 Å². The van der Waals surface area contributed by atoms with Crippen molar-refractivity contribution in [2.75, 3.05) is 20.8 Å². The maximum atomic E-state index is 12.1. The first kappa shape index (κ1) is 19.1. The van der Waals surface area contributed by atoms with Crippen LogP contribution in [0, 0.1) is 0 Å². The summed E-state index contributed by atoms with van der Waals surface area (Å²) in [4.78, 5) is 12.1. The molecule has 0 heterocycles. The Kier molecular flexibility index (Phi) is 7.13. The first-order valence-corrected chi connectivity index (χ1v) is 8.84. The third-order valence-electron chi connectivity index (χ3n) is 3.89. The number of urea groups is 1. The van der Waals surface area contributed by atoms with E-state index >= 15 is 0 Å². The van der Waals surface area contributed by atoms with E-state index < -0.39 is 0 Å². The number of amides is 2. The Bertz CT molecular complexity index is 722. The lowest BCUT2D eigenvalue weighted by atomic mass is 10.1. The first-order valence-electron chi connectivity index (χ1n) is 8.05. The van der Waals surface area contributed by atoms with Gasteiger partial charge in [0.15, 0.2) is 11.5 Å². The van der Waals surface area contributed by atoms with Crippen LogP contribution in [0.4, 0.5) is 4.79 Å². The zero-order chi connectivity index (χ0) is 18.2. The van der Waals surface area contributed by atoms with Crippen LogP contribution in [-0.4, -0.2) is 26.8 Å². The maximum absolute atomic E-state index is 12.1. The smallest absolute Gasteiger partial charge is 0.315 e. The molecular formula is C19H23BrN2O3. The van der Waals surface area contributed by atoms with Gasteiger partial charge in [-0.05, 0) is 42.7 Å². The fraction of sp³-hybridized carbons (Fsp3) is 0.316. The molecule has 0 aromatic heterocycles. The number of rotatable bonds is 7. The van der Waals surface area contributed by atoms with Crippen molar-refractivity contribution in [3.8, 4) is 11.5 Å². The van der Waals surface area contributed by atoms with Gasteiger partial charge < -0.3 is 20.1 Å². The van der Waals surface area contributed by atoms with Crippen LogP contribution in [0.2, 0.25) is 0 Å². The third kappa shape index (κ3) is 5.39. The minimum Gasteiger partial charge on any atom is -0.493 e. The molecule has 2 aromatic carbocycles. The van der Waals surface area contributed by atoms with E-state index in [4.69, 9.17) is 9.47 Å².